The third-order valence-corrected chi connectivity index (χ3v) is 3.07. The van der Waals surface area contributed by atoms with E-state index >= 15 is 0 Å². The highest BCUT2D eigenvalue weighted by Crippen LogP contribution is 2.31. The SMILES string of the molecule is COc1cccc(-c2ccccc2C(=O)NO)c1C. The summed E-state index contributed by atoms with van der Waals surface area (Å²) in [4.78, 5) is 11.7. The number of hydroxylamine groups is 1. The maximum absolute atomic E-state index is 11.7. The Hall–Kier alpha value is -2.33. The van der Waals surface area contributed by atoms with Gasteiger partial charge in [0.1, 0.15) is 5.75 Å². The van der Waals surface area contributed by atoms with Crippen molar-refractivity contribution in [2.75, 3.05) is 7.11 Å². The second-order valence-corrected chi connectivity index (χ2v) is 4.12. The number of methoxy groups -OCH3 is 1. The summed E-state index contributed by atoms with van der Waals surface area (Å²) in [6.45, 7) is 1.93. The van der Waals surface area contributed by atoms with E-state index in [1.165, 1.54) is 0 Å². The van der Waals surface area contributed by atoms with Crippen LogP contribution in [0.2, 0.25) is 0 Å². The summed E-state index contributed by atoms with van der Waals surface area (Å²) in [6, 6.07) is 12.8. The molecule has 0 saturated heterocycles. The Morgan fingerprint density at radius 1 is 1.11 bits per heavy atom. The van der Waals surface area contributed by atoms with E-state index in [1.54, 1.807) is 24.7 Å². The lowest BCUT2D eigenvalue weighted by atomic mass is 9.95. The molecule has 0 unspecified atom stereocenters. The number of carbonyl (C=O) groups excluding carboxylic acids is 1. The first-order valence-electron chi connectivity index (χ1n) is 5.86. The molecule has 0 aliphatic carbocycles. The van der Waals surface area contributed by atoms with Gasteiger partial charge in [0.2, 0.25) is 0 Å². The Balaban J connectivity index is 2.63. The highest BCUT2D eigenvalue weighted by atomic mass is 16.5. The Morgan fingerprint density at radius 2 is 1.79 bits per heavy atom. The van der Waals surface area contributed by atoms with E-state index in [0.717, 1.165) is 22.4 Å². The summed E-state index contributed by atoms with van der Waals surface area (Å²) in [7, 11) is 1.61. The molecular weight excluding hydrogens is 242 g/mol. The predicted molar refractivity (Wildman–Crippen MR) is 72.4 cm³/mol. The molecule has 2 N–H and O–H groups in total. The van der Waals surface area contributed by atoms with Crippen molar-refractivity contribution in [1.29, 1.82) is 0 Å². The highest BCUT2D eigenvalue weighted by Gasteiger charge is 2.14. The third-order valence-electron chi connectivity index (χ3n) is 3.07. The third kappa shape index (κ3) is 2.44. The van der Waals surface area contributed by atoms with E-state index in [0.29, 0.717) is 5.56 Å². The topological polar surface area (TPSA) is 58.6 Å². The minimum atomic E-state index is -0.530. The van der Waals surface area contributed by atoms with Crippen LogP contribution in [-0.4, -0.2) is 18.2 Å². The number of ether oxygens (including phenoxy) is 1. The summed E-state index contributed by atoms with van der Waals surface area (Å²) in [5, 5.41) is 8.81. The van der Waals surface area contributed by atoms with Gasteiger partial charge in [-0.25, -0.2) is 5.48 Å². The summed E-state index contributed by atoms with van der Waals surface area (Å²) < 4.78 is 5.28. The van der Waals surface area contributed by atoms with Crippen molar-refractivity contribution in [1.82, 2.24) is 5.48 Å². The molecule has 0 spiro atoms. The number of carbonyl (C=O) groups is 1. The molecule has 4 heteroatoms. The van der Waals surface area contributed by atoms with E-state index in [9.17, 15) is 4.79 Å². The quantitative estimate of drug-likeness (QED) is 0.656. The van der Waals surface area contributed by atoms with Crippen LogP contribution in [0.3, 0.4) is 0 Å². The molecule has 2 aromatic carbocycles. The van der Waals surface area contributed by atoms with Crippen molar-refractivity contribution in [3.8, 4) is 16.9 Å². The lowest BCUT2D eigenvalue weighted by Gasteiger charge is -2.13. The summed E-state index contributed by atoms with van der Waals surface area (Å²) >= 11 is 0. The van der Waals surface area contributed by atoms with Crippen molar-refractivity contribution in [2.24, 2.45) is 0 Å². The van der Waals surface area contributed by atoms with Crippen molar-refractivity contribution in [3.05, 3.63) is 53.6 Å². The molecule has 0 atom stereocenters. The predicted octanol–water partition coefficient (Wildman–Crippen LogP) is 2.79. The molecule has 0 fully saturated rings. The minimum absolute atomic E-state index is 0.418. The number of nitrogens with one attached hydrogen (secondary N) is 1. The molecule has 0 aliphatic heterocycles. The van der Waals surface area contributed by atoms with Crippen LogP contribution in [0.25, 0.3) is 11.1 Å². The van der Waals surface area contributed by atoms with Crippen LogP contribution in [0.1, 0.15) is 15.9 Å². The van der Waals surface area contributed by atoms with Crippen molar-refractivity contribution in [3.63, 3.8) is 0 Å². The number of rotatable bonds is 3. The van der Waals surface area contributed by atoms with E-state index < -0.39 is 5.91 Å². The molecule has 0 radical (unpaired) electrons. The lowest BCUT2D eigenvalue weighted by Crippen LogP contribution is -2.19. The molecule has 0 aliphatic rings. The van der Waals surface area contributed by atoms with E-state index in [1.807, 2.05) is 37.3 Å². The van der Waals surface area contributed by atoms with Gasteiger partial charge in [0.05, 0.1) is 7.11 Å². The molecule has 2 rings (SSSR count). The van der Waals surface area contributed by atoms with Gasteiger partial charge in [0.15, 0.2) is 0 Å². The first kappa shape index (κ1) is 13.1. The van der Waals surface area contributed by atoms with Gasteiger partial charge in [-0.3, -0.25) is 10.0 Å². The molecule has 0 bridgehead atoms. The van der Waals surface area contributed by atoms with Crippen molar-refractivity contribution >= 4 is 5.91 Å². The molecule has 2 aromatic rings. The van der Waals surface area contributed by atoms with Crippen LogP contribution in [0.15, 0.2) is 42.5 Å². The van der Waals surface area contributed by atoms with E-state index in [4.69, 9.17) is 9.94 Å². The maximum Gasteiger partial charge on any atom is 0.275 e. The van der Waals surface area contributed by atoms with E-state index in [-0.39, 0.29) is 0 Å². The average molecular weight is 257 g/mol. The molecule has 19 heavy (non-hydrogen) atoms. The van der Waals surface area contributed by atoms with Gasteiger partial charge in [0.25, 0.3) is 5.91 Å². The molecule has 0 heterocycles. The Morgan fingerprint density at radius 3 is 2.47 bits per heavy atom. The van der Waals surface area contributed by atoms with Gasteiger partial charge in [0, 0.05) is 5.56 Å². The largest absolute Gasteiger partial charge is 0.496 e. The van der Waals surface area contributed by atoms with Crippen LogP contribution >= 0.6 is 0 Å². The van der Waals surface area contributed by atoms with E-state index in [2.05, 4.69) is 0 Å². The molecule has 0 aromatic heterocycles. The minimum Gasteiger partial charge on any atom is -0.496 e. The Bertz CT molecular complexity index is 608. The van der Waals surface area contributed by atoms with Gasteiger partial charge in [-0.15, -0.1) is 0 Å². The number of hydrogen-bond acceptors (Lipinski definition) is 3. The van der Waals surface area contributed by atoms with Gasteiger partial charge >= 0.3 is 0 Å². The summed E-state index contributed by atoms with van der Waals surface area (Å²) in [5.74, 6) is 0.231. The Kier molecular flexibility index (Phi) is 3.82. The molecule has 98 valence electrons. The molecular formula is C15H15NO3. The van der Waals surface area contributed by atoms with Crippen molar-refractivity contribution in [2.45, 2.75) is 6.92 Å². The van der Waals surface area contributed by atoms with Crippen LogP contribution in [0.4, 0.5) is 0 Å². The second-order valence-electron chi connectivity index (χ2n) is 4.12. The standard InChI is InChI=1S/C15H15NO3/c1-10-11(8-5-9-14(10)19-2)12-6-3-4-7-13(12)15(17)16-18/h3-9,18H,1-2H3,(H,16,17). The lowest BCUT2D eigenvalue weighted by molar-refractivity contribution is 0.0707. The summed E-state index contributed by atoms with van der Waals surface area (Å²) in [5.41, 5.74) is 4.69. The highest BCUT2D eigenvalue weighted by molar-refractivity contribution is 6.00. The van der Waals surface area contributed by atoms with Crippen molar-refractivity contribution < 1.29 is 14.7 Å². The average Bonchev–Trinajstić information content (AvgIpc) is 2.47. The Labute approximate surface area is 111 Å². The maximum atomic E-state index is 11.7. The number of hydrogen-bond donors (Lipinski definition) is 2. The first-order chi connectivity index (χ1) is 9.19. The summed E-state index contributed by atoms with van der Waals surface area (Å²) in [6.07, 6.45) is 0. The van der Waals surface area contributed by atoms with Crippen LogP contribution in [0.5, 0.6) is 5.75 Å². The smallest absolute Gasteiger partial charge is 0.275 e. The van der Waals surface area contributed by atoms with Gasteiger partial charge in [-0.2, -0.15) is 0 Å². The molecule has 4 nitrogen and oxygen atoms in total. The fraction of sp³-hybridized carbons (Fsp3) is 0.133. The van der Waals surface area contributed by atoms with Gasteiger partial charge in [-0.1, -0.05) is 30.3 Å². The monoisotopic (exact) mass is 257 g/mol. The normalized spacial score (nSPS) is 10.1. The zero-order chi connectivity index (χ0) is 13.8. The van der Waals surface area contributed by atoms with Crippen LogP contribution < -0.4 is 10.2 Å². The zero-order valence-corrected chi connectivity index (χ0v) is 10.8. The molecule has 1 amide bonds. The fourth-order valence-electron chi connectivity index (χ4n) is 2.10. The van der Waals surface area contributed by atoms with Gasteiger partial charge in [-0.05, 0) is 35.7 Å². The number of amides is 1. The number of benzene rings is 2. The van der Waals surface area contributed by atoms with Gasteiger partial charge < -0.3 is 4.74 Å². The van der Waals surface area contributed by atoms with Crippen LogP contribution in [-0.2, 0) is 0 Å². The first-order valence-corrected chi connectivity index (χ1v) is 5.86. The molecule has 0 saturated carbocycles. The zero-order valence-electron chi connectivity index (χ0n) is 10.8. The van der Waals surface area contributed by atoms with Crippen LogP contribution in [0, 0.1) is 6.92 Å². The second kappa shape index (κ2) is 5.54. The fourth-order valence-corrected chi connectivity index (χ4v) is 2.10.